The van der Waals surface area contributed by atoms with Gasteiger partial charge in [-0.05, 0) is 62.7 Å². The van der Waals surface area contributed by atoms with Crippen molar-refractivity contribution in [3.8, 4) is 5.75 Å². The summed E-state index contributed by atoms with van der Waals surface area (Å²) in [6.07, 6.45) is -0.724. The molecule has 1 amide bonds. The first-order chi connectivity index (χ1) is 14.2. The topological polar surface area (TPSA) is 84.5 Å². The van der Waals surface area contributed by atoms with Gasteiger partial charge in [0.05, 0.1) is 10.6 Å². The standard InChI is InChI=1S/C23H24N2O4S/c1-16-9-13-20(14-10-16)29-18(3)23(26)24-19-12-11-17(2)22(15-19)25-30(27,28)21-7-5-4-6-8-21/h4-15,18,25H,1-3H3,(H,24,26)/t18-/m0/s1. The van der Waals surface area contributed by atoms with Crippen LogP contribution >= 0.6 is 0 Å². The van der Waals surface area contributed by atoms with E-state index in [2.05, 4.69) is 10.0 Å². The summed E-state index contributed by atoms with van der Waals surface area (Å²) in [5, 5.41) is 2.77. The SMILES string of the molecule is Cc1ccc(O[C@@H](C)C(=O)Nc2ccc(C)c(NS(=O)(=O)c3ccccc3)c2)cc1. The molecule has 0 aromatic heterocycles. The van der Waals surface area contributed by atoms with Crippen molar-refractivity contribution in [1.29, 1.82) is 0 Å². The van der Waals surface area contributed by atoms with Gasteiger partial charge in [-0.2, -0.15) is 0 Å². The minimum absolute atomic E-state index is 0.166. The van der Waals surface area contributed by atoms with Gasteiger partial charge in [-0.1, -0.05) is 42.0 Å². The number of rotatable bonds is 7. The van der Waals surface area contributed by atoms with Gasteiger partial charge in [0.15, 0.2) is 6.10 Å². The van der Waals surface area contributed by atoms with Crippen molar-refractivity contribution in [1.82, 2.24) is 0 Å². The molecule has 3 aromatic rings. The van der Waals surface area contributed by atoms with Crippen LogP contribution in [0.4, 0.5) is 11.4 Å². The Morgan fingerprint density at radius 3 is 2.27 bits per heavy atom. The zero-order chi connectivity index (χ0) is 21.7. The van der Waals surface area contributed by atoms with E-state index in [1.165, 1.54) is 12.1 Å². The molecule has 0 radical (unpaired) electrons. The van der Waals surface area contributed by atoms with Gasteiger partial charge in [-0.3, -0.25) is 9.52 Å². The Hall–Kier alpha value is -3.32. The van der Waals surface area contributed by atoms with Crippen molar-refractivity contribution < 1.29 is 17.9 Å². The number of hydrogen-bond acceptors (Lipinski definition) is 4. The van der Waals surface area contributed by atoms with Crippen molar-refractivity contribution in [3.05, 3.63) is 83.9 Å². The third kappa shape index (κ3) is 5.39. The van der Waals surface area contributed by atoms with E-state index in [-0.39, 0.29) is 10.8 Å². The molecule has 0 spiro atoms. The highest BCUT2D eigenvalue weighted by Gasteiger charge is 2.17. The Morgan fingerprint density at radius 1 is 0.933 bits per heavy atom. The Bertz CT molecular complexity index is 1130. The number of ether oxygens (including phenoxy) is 1. The number of hydrogen-bond donors (Lipinski definition) is 2. The predicted octanol–water partition coefficient (Wildman–Crippen LogP) is 4.51. The summed E-state index contributed by atoms with van der Waals surface area (Å²) in [6, 6.07) is 20.6. The lowest BCUT2D eigenvalue weighted by Gasteiger charge is -2.16. The van der Waals surface area contributed by atoms with E-state index in [4.69, 9.17) is 4.74 Å². The maximum Gasteiger partial charge on any atom is 0.265 e. The molecule has 2 N–H and O–H groups in total. The lowest BCUT2D eigenvalue weighted by atomic mass is 10.2. The zero-order valence-corrected chi connectivity index (χ0v) is 17.9. The largest absolute Gasteiger partial charge is 0.481 e. The molecule has 156 valence electrons. The van der Waals surface area contributed by atoms with Crippen LogP contribution in [0.5, 0.6) is 5.75 Å². The number of benzene rings is 3. The summed E-state index contributed by atoms with van der Waals surface area (Å²) in [4.78, 5) is 12.7. The van der Waals surface area contributed by atoms with Crippen LogP contribution in [0.2, 0.25) is 0 Å². The first-order valence-electron chi connectivity index (χ1n) is 9.47. The highest BCUT2D eigenvalue weighted by Crippen LogP contribution is 2.24. The summed E-state index contributed by atoms with van der Waals surface area (Å²) >= 11 is 0. The molecule has 0 bridgehead atoms. The van der Waals surface area contributed by atoms with Crippen LogP contribution in [0.15, 0.2) is 77.7 Å². The average molecular weight is 425 g/mol. The van der Waals surface area contributed by atoms with Crippen molar-refractivity contribution in [2.45, 2.75) is 31.8 Å². The van der Waals surface area contributed by atoms with E-state index in [0.29, 0.717) is 17.1 Å². The van der Waals surface area contributed by atoms with Crippen molar-refractivity contribution >= 4 is 27.3 Å². The number of aryl methyl sites for hydroxylation is 2. The zero-order valence-electron chi connectivity index (χ0n) is 17.0. The molecular formula is C23H24N2O4S. The minimum Gasteiger partial charge on any atom is -0.481 e. The van der Waals surface area contributed by atoms with Crippen LogP contribution in [0, 0.1) is 13.8 Å². The van der Waals surface area contributed by atoms with E-state index in [1.807, 2.05) is 31.2 Å². The summed E-state index contributed by atoms with van der Waals surface area (Å²) in [6.45, 7) is 5.42. The number of anilines is 2. The molecule has 0 aliphatic rings. The molecule has 30 heavy (non-hydrogen) atoms. The number of amides is 1. The third-order valence-electron chi connectivity index (χ3n) is 4.51. The molecule has 6 nitrogen and oxygen atoms in total. The molecule has 1 atom stereocenters. The van der Waals surface area contributed by atoms with E-state index in [9.17, 15) is 13.2 Å². The lowest BCUT2D eigenvalue weighted by Crippen LogP contribution is -2.30. The smallest absolute Gasteiger partial charge is 0.265 e. The molecule has 0 aliphatic carbocycles. The second-order valence-electron chi connectivity index (χ2n) is 7.01. The quantitative estimate of drug-likeness (QED) is 0.584. The molecule has 0 heterocycles. The second kappa shape index (κ2) is 9.00. The summed E-state index contributed by atoms with van der Waals surface area (Å²) in [7, 11) is -3.73. The Labute approximate surface area is 177 Å². The fourth-order valence-electron chi connectivity index (χ4n) is 2.73. The first kappa shape index (κ1) is 21.4. The molecule has 7 heteroatoms. The van der Waals surface area contributed by atoms with E-state index < -0.39 is 16.1 Å². The number of sulfonamides is 1. The van der Waals surface area contributed by atoms with Crippen LogP contribution in [-0.2, 0) is 14.8 Å². The highest BCUT2D eigenvalue weighted by atomic mass is 32.2. The maximum absolute atomic E-state index is 12.6. The summed E-state index contributed by atoms with van der Waals surface area (Å²) in [5.41, 5.74) is 2.69. The number of carbonyl (C=O) groups is 1. The van der Waals surface area contributed by atoms with Gasteiger partial charge in [0.2, 0.25) is 0 Å². The summed E-state index contributed by atoms with van der Waals surface area (Å²) < 4.78 is 33.5. The molecule has 3 aromatic carbocycles. The Morgan fingerprint density at radius 2 is 1.60 bits per heavy atom. The Balaban J connectivity index is 1.71. The number of nitrogens with one attached hydrogen (secondary N) is 2. The van der Waals surface area contributed by atoms with Gasteiger partial charge in [0.1, 0.15) is 5.75 Å². The van der Waals surface area contributed by atoms with Crippen LogP contribution in [0.1, 0.15) is 18.1 Å². The third-order valence-corrected chi connectivity index (χ3v) is 5.89. The summed E-state index contributed by atoms with van der Waals surface area (Å²) in [5.74, 6) is 0.264. The fraction of sp³-hybridized carbons (Fsp3) is 0.174. The fourth-order valence-corrected chi connectivity index (χ4v) is 3.87. The molecule has 0 saturated carbocycles. The number of carbonyl (C=O) groups excluding carboxylic acids is 1. The molecule has 0 saturated heterocycles. The van der Waals surface area contributed by atoms with Crippen LogP contribution in [0.25, 0.3) is 0 Å². The van der Waals surface area contributed by atoms with Crippen molar-refractivity contribution in [3.63, 3.8) is 0 Å². The van der Waals surface area contributed by atoms with Crippen LogP contribution in [0.3, 0.4) is 0 Å². The minimum atomic E-state index is -3.73. The first-order valence-corrected chi connectivity index (χ1v) is 11.0. The highest BCUT2D eigenvalue weighted by molar-refractivity contribution is 7.92. The van der Waals surface area contributed by atoms with Gasteiger partial charge >= 0.3 is 0 Å². The Kier molecular flexibility index (Phi) is 6.42. The van der Waals surface area contributed by atoms with Crippen molar-refractivity contribution in [2.24, 2.45) is 0 Å². The molecule has 0 fully saturated rings. The van der Waals surface area contributed by atoms with Crippen LogP contribution in [-0.4, -0.2) is 20.4 Å². The maximum atomic E-state index is 12.6. The van der Waals surface area contributed by atoms with E-state index in [0.717, 1.165) is 11.1 Å². The van der Waals surface area contributed by atoms with Crippen LogP contribution < -0.4 is 14.8 Å². The van der Waals surface area contributed by atoms with Gasteiger partial charge in [0, 0.05) is 5.69 Å². The van der Waals surface area contributed by atoms with E-state index >= 15 is 0 Å². The second-order valence-corrected chi connectivity index (χ2v) is 8.69. The van der Waals surface area contributed by atoms with Gasteiger partial charge < -0.3 is 10.1 Å². The average Bonchev–Trinajstić information content (AvgIpc) is 2.72. The molecule has 0 unspecified atom stereocenters. The lowest BCUT2D eigenvalue weighted by molar-refractivity contribution is -0.122. The molecule has 3 rings (SSSR count). The van der Waals surface area contributed by atoms with E-state index in [1.54, 1.807) is 50.2 Å². The molecule has 0 aliphatic heterocycles. The molecular weight excluding hydrogens is 400 g/mol. The van der Waals surface area contributed by atoms with Gasteiger partial charge in [0.25, 0.3) is 15.9 Å². The monoisotopic (exact) mass is 424 g/mol. The normalized spacial score (nSPS) is 12.1. The predicted molar refractivity (Wildman–Crippen MR) is 118 cm³/mol. The van der Waals surface area contributed by atoms with Crippen molar-refractivity contribution in [2.75, 3.05) is 10.0 Å². The van der Waals surface area contributed by atoms with Gasteiger partial charge in [-0.25, -0.2) is 8.42 Å². The van der Waals surface area contributed by atoms with Gasteiger partial charge in [-0.15, -0.1) is 0 Å².